The lowest BCUT2D eigenvalue weighted by Crippen LogP contribution is -2.26. The van der Waals surface area contributed by atoms with Crippen LogP contribution < -0.4 is 5.32 Å². The molecule has 1 aliphatic rings. The first-order valence-electron chi connectivity index (χ1n) is 8.69. The van der Waals surface area contributed by atoms with Crippen LogP contribution in [-0.4, -0.2) is 30.1 Å². The minimum atomic E-state index is 0.0528. The van der Waals surface area contributed by atoms with Gasteiger partial charge < -0.3 is 10.1 Å². The van der Waals surface area contributed by atoms with Gasteiger partial charge in [0.15, 0.2) is 0 Å². The Hall–Kier alpha value is -1.72. The van der Waals surface area contributed by atoms with Crippen LogP contribution in [0.4, 0.5) is 0 Å². The van der Waals surface area contributed by atoms with Crippen molar-refractivity contribution in [3.05, 3.63) is 41.4 Å². The average molecular weight is 344 g/mol. The zero-order valence-corrected chi connectivity index (χ0v) is 14.7. The molecule has 128 valence electrons. The fraction of sp³-hybridized carbons (Fsp3) is 0.474. The van der Waals surface area contributed by atoms with E-state index in [-0.39, 0.29) is 5.91 Å². The van der Waals surface area contributed by atoms with Gasteiger partial charge in [-0.25, -0.2) is 4.98 Å². The fourth-order valence-electron chi connectivity index (χ4n) is 2.93. The maximum absolute atomic E-state index is 12.0. The minimum Gasteiger partial charge on any atom is -0.378 e. The average Bonchev–Trinajstić information content (AvgIpc) is 3.27. The number of ether oxygens (including phenoxy) is 1. The Morgan fingerprint density at radius 1 is 1.29 bits per heavy atom. The predicted molar refractivity (Wildman–Crippen MR) is 97.1 cm³/mol. The van der Waals surface area contributed by atoms with Crippen LogP contribution in [0.5, 0.6) is 0 Å². The van der Waals surface area contributed by atoms with Gasteiger partial charge in [0.1, 0.15) is 5.01 Å². The van der Waals surface area contributed by atoms with Crippen LogP contribution in [-0.2, 0) is 16.0 Å². The van der Waals surface area contributed by atoms with E-state index in [0.29, 0.717) is 12.5 Å². The number of hydrogen-bond acceptors (Lipinski definition) is 4. The van der Waals surface area contributed by atoms with Crippen LogP contribution in [0.25, 0.3) is 10.6 Å². The second kappa shape index (κ2) is 8.94. The third kappa shape index (κ3) is 5.14. The van der Waals surface area contributed by atoms with E-state index in [1.165, 1.54) is 12.8 Å². The summed E-state index contributed by atoms with van der Waals surface area (Å²) < 4.78 is 5.60. The highest BCUT2D eigenvalue weighted by Gasteiger charge is 2.14. The molecule has 0 aliphatic carbocycles. The number of thiazole rings is 1. The van der Waals surface area contributed by atoms with Crippen molar-refractivity contribution in [2.75, 3.05) is 13.2 Å². The van der Waals surface area contributed by atoms with Crippen LogP contribution in [0.3, 0.4) is 0 Å². The Morgan fingerprint density at radius 3 is 2.96 bits per heavy atom. The number of rotatable bonds is 8. The Kier molecular flexibility index (Phi) is 6.38. The summed E-state index contributed by atoms with van der Waals surface area (Å²) in [4.78, 5) is 16.6. The monoisotopic (exact) mass is 344 g/mol. The van der Waals surface area contributed by atoms with Crippen LogP contribution in [0.15, 0.2) is 35.7 Å². The van der Waals surface area contributed by atoms with Crippen molar-refractivity contribution in [2.24, 2.45) is 0 Å². The molecule has 1 aromatic carbocycles. The molecule has 1 fully saturated rings. The third-order valence-corrected chi connectivity index (χ3v) is 5.15. The minimum absolute atomic E-state index is 0.0528. The lowest BCUT2D eigenvalue weighted by atomic mass is 10.1. The topological polar surface area (TPSA) is 51.2 Å². The highest BCUT2D eigenvalue weighted by Crippen LogP contribution is 2.23. The summed E-state index contributed by atoms with van der Waals surface area (Å²) in [5.74, 6) is 0.0528. The molecule has 0 spiro atoms. The molecular formula is C19H24N2O2S. The van der Waals surface area contributed by atoms with E-state index >= 15 is 0 Å². The standard InChI is InChI=1S/C19H24N2O2S/c22-18(20-11-5-4-9-17-10-6-12-23-17)13-16-14-24-19(21-16)15-7-2-1-3-8-15/h1-3,7-8,14,17H,4-6,9-13H2,(H,20,22). The van der Waals surface area contributed by atoms with E-state index in [1.807, 2.05) is 35.7 Å². The van der Waals surface area contributed by atoms with E-state index in [9.17, 15) is 4.79 Å². The SMILES string of the molecule is O=C(Cc1csc(-c2ccccc2)n1)NCCCCC1CCCO1. The largest absolute Gasteiger partial charge is 0.378 e. The van der Waals surface area contributed by atoms with Gasteiger partial charge in [-0.15, -0.1) is 11.3 Å². The van der Waals surface area contributed by atoms with Crippen LogP contribution in [0.2, 0.25) is 0 Å². The number of carbonyl (C=O) groups is 1. The van der Waals surface area contributed by atoms with Gasteiger partial charge in [0.05, 0.1) is 18.2 Å². The molecule has 1 atom stereocenters. The van der Waals surface area contributed by atoms with Crippen molar-refractivity contribution in [2.45, 2.75) is 44.6 Å². The third-order valence-electron chi connectivity index (χ3n) is 4.21. The molecule has 1 aromatic heterocycles. The van der Waals surface area contributed by atoms with Gasteiger partial charge >= 0.3 is 0 Å². The Labute approximate surface area is 147 Å². The zero-order valence-electron chi connectivity index (χ0n) is 13.9. The van der Waals surface area contributed by atoms with Crippen molar-refractivity contribution >= 4 is 17.2 Å². The molecule has 4 nitrogen and oxygen atoms in total. The van der Waals surface area contributed by atoms with Crippen molar-refractivity contribution in [1.82, 2.24) is 10.3 Å². The molecule has 1 saturated heterocycles. The number of nitrogens with zero attached hydrogens (tertiary/aromatic N) is 1. The predicted octanol–water partition coefficient (Wildman–Crippen LogP) is 3.82. The number of nitrogens with one attached hydrogen (secondary N) is 1. The Morgan fingerprint density at radius 2 is 2.17 bits per heavy atom. The molecule has 2 aromatic rings. The number of amides is 1. The first-order valence-corrected chi connectivity index (χ1v) is 9.57. The molecule has 1 N–H and O–H groups in total. The molecule has 0 bridgehead atoms. The number of benzene rings is 1. The molecule has 0 saturated carbocycles. The molecule has 24 heavy (non-hydrogen) atoms. The highest BCUT2D eigenvalue weighted by molar-refractivity contribution is 7.13. The van der Waals surface area contributed by atoms with Gasteiger partial charge in [-0.1, -0.05) is 30.3 Å². The maximum atomic E-state index is 12.0. The van der Waals surface area contributed by atoms with Gasteiger partial charge in [-0.3, -0.25) is 4.79 Å². The van der Waals surface area contributed by atoms with Gasteiger partial charge in [0, 0.05) is 24.1 Å². The van der Waals surface area contributed by atoms with Crippen molar-refractivity contribution in [1.29, 1.82) is 0 Å². The second-order valence-electron chi connectivity index (χ2n) is 6.17. The smallest absolute Gasteiger partial charge is 0.226 e. The van der Waals surface area contributed by atoms with Gasteiger partial charge in [0.2, 0.25) is 5.91 Å². The molecule has 5 heteroatoms. The summed E-state index contributed by atoms with van der Waals surface area (Å²) in [6, 6.07) is 10.1. The molecule has 1 aliphatic heterocycles. The van der Waals surface area contributed by atoms with E-state index in [4.69, 9.17) is 4.74 Å². The van der Waals surface area contributed by atoms with E-state index in [0.717, 1.165) is 48.7 Å². The number of carbonyl (C=O) groups excluding carboxylic acids is 1. The van der Waals surface area contributed by atoms with Crippen LogP contribution in [0, 0.1) is 0 Å². The summed E-state index contributed by atoms with van der Waals surface area (Å²) in [6.07, 6.45) is 6.43. The number of unbranched alkanes of at least 4 members (excludes halogenated alkanes) is 1. The van der Waals surface area contributed by atoms with Crippen LogP contribution >= 0.6 is 11.3 Å². The van der Waals surface area contributed by atoms with Gasteiger partial charge in [0.25, 0.3) is 0 Å². The molecule has 3 rings (SSSR count). The summed E-state index contributed by atoms with van der Waals surface area (Å²) in [5, 5.41) is 5.93. The van der Waals surface area contributed by atoms with Crippen molar-refractivity contribution < 1.29 is 9.53 Å². The fourth-order valence-corrected chi connectivity index (χ4v) is 3.75. The maximum Gasteiger partial charge on any atom is 0.226 e. The van der Waals surface area contributed by atoms with E-state index in [1.54, 1.807) is 11.3 Å². The molecule has 1 unspecified atom stereocenters. The Balaban J connectivity index is 1.35. The summed E-state index contributed by atoms with van der Waals surface area (Å²) in [6.45, 7) is 1.65. The van der Waals surface area contributed by atoms with E-state index in [2.05, 4.69) is 10.3 Å². The summed E-state index contributed by atoms with van der Waals surface area (Å²) in [5.41, 5.74) is 1.94. The molecule has 1 amide bonds. The zero-order chi connectivity index (χ0) is 16.6. The van der Waals surface area contributed by atoms with Crippen molar-refractivity contribution in [3.63, 3.8) is 0 Å². The quantitative estimate of drug-likeness (QED) is 0.741. The normalized spacial score (nSPS) is 17.1. The second-order valence-corrected chi connectivity index (χ2v) is 7.03. The summed E-state index contributed by atoms with van der Waals surface area (Å²) >= 11 is 1.59. The highest BCUT2D eigenvalue weighted by atomic mass is 32.1. The first kappa shape index (κ1) is 17.1. The Bertz CT molecular complexity index is 636. The number of hydrogen-bond donors (Lipinski definition) is 1. The lowest BCUT2D eigenvalue weighted by molar-refractivity contribution is -0.120. The van der Waals surface area contributed by atoms with Crippen molar-refractivity contribution in [3.8, 4) is 10.6 Å². The van der Waals surface area contributed by atoms with Gasteiger partial charge in [-0.05, 0) is 32.1 Å². The lowest BCUT2D eigenvalue weighted by Gasteiger charge is -2.09. The first-order chi connectivity index (χ1) is 11.8. The number of aromatic nitrogens is 1. The summed E-state index contributed by atoms with van der Waals surface area (Å²) in [7, 11) is 0. The van der Waals surface area contributed by atoms with Gasteiger partial charge in [-0.2, -0.15) is 0 Å². The van der Waals surface area contributed by atoms with E-state index < -0.39 is 0 Å². The molecule has 0 radical (unpaired) electrons. The van der Waals surface area contributed by atoms with Crippen LogP contribution in [0.1, 0.15) is 37.8 Å². The molecule has 2 heterocycles. The molecular weight excluding hydrogens is 320 g/mol.